The molecule has 2 atom stereocenters. The molecule has 2 aromatic rings. The van der Waals surface area contributed by atoms with Gasteiger partial charge in [0.15, 0.2) is 0 Å². The Labute approximate surface area is 127 Å². The number of aryl methyl sites for hydroxylation is 1. The first-order valence-corrected chi connectivity index (χ1v) is 8.00. The van der Waals surface area contributed by atoms with Crippen molar-refractivity contribution in [1.82, 2.24) is 14.9 Å². The molecule has 0 aliphatic heterocycles. The van der Waals surface area contributed by atoms with E-state index < -0.39 is 0 Å². The van der Waals surface area contributed by atoms with Crippen LogP contribution in [0.2, 0.25) is 0 Å². The van der Waals surface area contributed by atoms with Crippen LogP contribution in [0.25, 0.3) is 0 Å². The Balaban J connectivity index is 1.89. The lowest BCUT2D eigenvalue weighted by molar-refractivity contribution is 0.370. The van der Waals surface area contributed by atoms with E-state index in [0.29, 0.717) is 17.9 Å². The normalized spacial score (nSPS) is 14.6. The molecular formula is C17H27N3O. The van der Waals surface area contributed by atoms with Crippen molar-refractivity contribution in [2.45, 2.75) is 71.8 Å². The van der Waals surface area contributed by atoms with Gasteiger partial charge in [-0.15, -0.1) is 0 Å². The number of nitrogens with zero attached hydrogens (tertiary/aromatic N) is 3. The Kier molecular flexibility index (Phi) is 5.21. The molecule has 2 rings (SSSR count). The molecular weight excluding hydrogens is 262 g/mol. The van der Waals surface area contributed by atoms with E-state index in [1.165, 1.54) is 5.56 Å². The maximum Gasteiger partial charge on any atom is 0.136 e. The Morgan fingerprint density at radius 2 is 1.95 bits per heavy atom. The lowest BCUT2D eigenvalue weighted by Gasteiger charge is -2.14. The fourth-order valence-corrected chi connectivity index (χ4v) is 2.39. The van der Waals surface area contributed by atoms with Crippen LogP contribution in [0, 0.1) is 0 Å². The minimum atomic E-state index is 0.414. The highest BCUT2D eigenvalue weighted by atomic mass is 16.5. The van der Waals surface area contributed by atoms with Crippen LogP contribution in [0.15, 0.2) is 23.0 Å². The zero-order valence-corrected chi connectivity index (χ0v) is 13.8. The highest BCUT2D eigenvalue weighted by Crippen LogP contribution is 2.25. The van der Waals surface area contributed by atoms with Crippen molar-refractivity contribution in [3.63, 3.8) is 0 Å². The minimum Gasteiger partial charge on any atom is -0.361 e. The van der Waals surface area contributed by atoms with Crippen LogP contribution in [0.3, 0.4) is 0 Å². The molecule has 0 saturated carbocycles. The summed E-state index contributed by atoms with van der Waals surface area (Å²) < 4.78 is 7.37. The molecule has 0 N–H and O–H groups in total. The monoisotopic (exact) mass is 289 g/mol. The third-order valence-corrected chi connectivity index (χ3v) is 4.19. The van der Waals surface area contributed by atoms with Crippen LogP contribution < -0.4 is 0 Å². The smallest absolute Gasteiger partial charge is 0.136 e. The van der Waals surface area contributed by atoms with Gasteiger partial charge in [0.1, 0.15) is 5.76 Å². The van der Waals surface area contributed by atoms with Gasteiger partial charge in [-0.2, -0.15) is 5.10 Å². The highest BCUT2D eigenvalue weighted by molar-refractivity contribution is 5.10. The Morgan fingerprint density at radius 1 is 1.19 bits per heavy atom. The van der Waals surface area contributed by atoms with Crippen molar-refractivity contribution in [2.75, 3.05) is 0 Å². The van der Waals surface area contributed by atoms with Crippen LogP contribution >= 0.6 is 0 Å². The van der Waals surface area contributed by atoms with Gasteiger partial charge in [0, 0.05) is 30.6 Å². The van der Waals surface area contributed by atoms with Crippen LogP contribution in [0.1, 0.15) is 82.4 Å². The summed E-state index contributed by atoms with van der Waals surface area (Å²) in [5, 5.41) is 8.66. The SMILES string of the molecule is CCc1cc(C(C)CCC(C)n2cc(C(C)C)cn2)no1. The molecule has 2 aromatic heterocycles. The summed E-state index contributed by atoms with van der Waals surface area (Å²) in [7, 11) is 0. The maximum atomic E-state index is 5.29. The summed E-state index contributed by atoms with van der Waals surface area (Å²) in [4.78, 5) is 0. The molecule has 2 heterocycles. The number of aromatic nitrogens is 3. The first-order chi connectivity index (χ1) is 10.0. The van der Waals surface area contributed by atoms with Crippen molar-refractivity contribution in [1.29, 1.82) is 0 Å². The fourth-order valence-electron chi connectivity index (χ4n) is 2.39. The van der Waals surface area contributed by atoms with E-state index in [4.69, 9.17) is 4.52 Å². The predicted octanol–water partition coefficient (Wildman–Crippen LogP) is 4.70. The molecule has 0 saturated heterocycles. The van der Waals surface area contributed by atoms with Crippen LogP contribution in [0.4, 0.5) is 0 Å². The van der Waals surface area contributed by atoms with E-state index in [-0.39, 0.29) is 0 Å². The molecule has 4 nitrogen and oxygen atoms in total. The van der Waals surface area contributed by atoms with Gasteiger partial charge in [-0.1, -0.05) is 32.9 Å². The molecule has 0 aliphatic carbocycles. The van der Waals surface area contributed by atoms with E-state index in [0.717, 1.165) is 30.7 Å². The number of hydrogen-bond acceptors (Lipinski definition) is 3. The molecule has 0 bridgehead atoms. The van der Waals surface area contributed by atoms with Crippen LogP contribution in [-0.2, 0) is 6.42 Å². The second-order valence-corrected chi connectivity index (χ2v) is 6.31. The number of hydrogen-bond donors (Lipinski definition) is 0. The molecule has 0 spiro atoms. The Bertz CT molecular complexity index is 556. The standard InChI is InChI=1S/C17H27N3O/c1-6-16-9-17(19-21-16)13(4)7-8-14(5)20-11-15(10-18-20)12(2)3/h9-14H,6-8H2,1-5H3. The molecule has 0 fully saturated rings. The summed E-state index contributed by atoms with van der Waals surface area (Å²) in [6, 6.07) is 2.50. The number of rotatable bonds is 7. The molecule has 4 heteroatoms. The zero-order valence-electron chi connectivity index (χ0n) is 13.8. The van der Waals surface area contributed by atoms with E-state index in [9.17, 15) is 0 Å². The summed E-state index contributed by atoms with van der Waals surface area (Å²) in [5.74, 6) is 1.93. The molecule has 0 aliphatic rings. The van der Waals surface area contributed by atoms with Gasteiger partial charge in [-0.3, -0.25) is 4.68 Å². The van der Waals surface area contributed by atoms with Gasteiger partial charge in [0.2, 0.25) is 0 Å². The van der Waals surface area contributed by atoms with Gasteiger partial charge >= 0.3 is 0 Å². The zero-order chi connectivity index (χ0) is 15.4. The topological polar surface area (TPSA) is 43.9 Å². The minimum absolute atomic E-state index is 0.414. The third kappa shape index (κ3) is 3.96. The van der Waals surface area contributed by atoms with Gasteiger partial charge in [-0.25, -0.2) is 0 Å². The predicted molar refractivity (Wildman–Crippen MR) is 84.6 cm³/mol. The molecule has 0 aromatic carbocycles. The maximum absolute atomic E-state index is 5.29. The molecule has 116 valence electrons. The average molecular weight is 289 g/mol. The van der Waals surface area contributed by atoms with Gasteiger partial charge < -0.3 is 4.52 Å². The van der Waals surface area contributed by atoms with E-state index in [1.807, 2.05) is 6.20 Å². The Morgan fingerprint density at radius 3 is 2.52 bits per heavy atom. The second kappa shape index (κ2) is 6.92. The first kappa shape index (κ1) is 15.8. The van der Waals surface area contributed by atoms with Gasteiger partial charge in [0.05, 0.1) is 11.9 Å². The quantitative estimate of drug-likeness (QED) is 0.742. The van der Waals surface area contributed by atoms with Gasteiger partial charge in [-0.05, 0) is 31.2 Å². The summed E-state index contributed by atoms with van der Waals surface area (Å²) in [6.07, 6.45) is 7.24. The van der Waals surface area contributed by atoms with Crippen LogP contribution in [0.5, 0.6) is 0 Å². The molecule has 0 radical (unpaired) electrons. The Hall–Kier alpha value is -1.58. The highest BCUT2D eigenvalue weighted by Gasteiger charge is 2.14. The van der Waals surface area contributed by atoms with Crippen molar-refractivity contribution in [3.8, 4) is 0 Å². The summed E-state index contributed by atoms with van der Waals surface area (Å²) in [5.41, 5.74) is 2.38. The van der Waals surface area contributed by atoms with E-state index in [1.54, 1.807) is 0 Å². The van der Waals surface area contributed by atoms with Crippen molar-refractivity contribution in [3.05, 3.63) is 35.5 Å². The molecule has 0 amide bonds. The second-order valence-electron chi connectivity index (χ2n) is 6.31. The lowest BCUT2D eigenvalue weighted by atomic mass is 9.99. The van der Waals surface area contributed by atoms with Crippen molar-refractivity contribution in [2.24, 2.45) is 0 Å². The average Bonchev–Trinajstić information content (AvgIpc) is 3.12. The fraction of sp³-hybridized carbons (Fsp3) is 0.647. The van der Waals surface area contributed by atoms with E-state index >= 15 is 0 Å². The van der Waals surface area contributed by atoms with E-state index in [2.05, 4.69) is 61.8 Å². The summed E-state index contributed by atoms with van der Waals surface area (Å²) >= 11 is 0. The molecule has 21 heavy (non-hydrogen) atoms. The summed E-state index contributed by atoms with van der Waals surface area (Å²) in [6.45, 7) is 10.9. The molecule has 2 unspecified atom stereocenters. The van der Waals surface area contributed by atoms with Crippen molar-refractivity contribution < 1.29 is 4.52 Å². The van der Waals surface area contributed by atoms with Crippen molar-refractivity contribution >= 4 is 0 Å². The lowest BCUT2D eigenvalue weighted by Crippen LogP contribution is -2.07. The third-order valence-electron chi connectivity index (χ3n) is 4.19. The van der Waals surface area contributed by atoms with Gasteiger partial charge in [0.25, 0.3) is 0 Å². The first-order valence-electron chi connectivity index (χ1n) is 8.00. The largest absolute Gasteiger partial charge is 0.361 e. The van der Waals surface area contributed by atoms with Crippen LogP contribution in [-0.4, -0.2) is 14.9 Å².